The first-order valence-corrected chi connectivity index (χ1v) is 7.52. The number of anilines is 4. The van der Waals surface area contributed by atoms with Crippen LogP contribution in [0.15, 0.2) is 42.6 Å². The molecule has 0 bridgehead atoms. The summed E-state index contributed by atoms with van der Waals surface area (Å²) in [5.41, 5.74) is 2.23. The molecule has 118 valence electrons. The molecule has 1 aliphatic carbocycles. The third kappa shape index (κ3) is 4.29. The highest BCUT2D eigenvalue weighted by Crippen LogP contribution is 2.30. The lowest BCUT2D eigenvalue weighted by molar-refractivity contribution is -0.117. The van der Waals surface area contributed by atoms with Crippen molar-refractivity contribution in [2.24, 2.45) is 5.92 Å². The van der Waals surface area contributed by atoms with Crippen LogP contribution in [0.2, 0.25) is 0 Å². The largest absolute Gasteiger partial charge is 0.340 e. The second kappa shape index (κ2) is 6.48. The fourth-order valence-corrected chi connectivity index (χ4v) is 2.16. The van der Waals surface area contributed by atoms with Crippen molar-refractivity contribution in [3.8, 4) is 0 Å². The van der Waals surface area contributed by atoms with E-state index in [0.717, 1.165) is 24.2 Å². The first kappa shape index (κ1) is 15.0. The van der Waals surface area contributed by atoms with Gasteiger partial charge in [0.1, 0.15) is 5.82 Å². The molecule has 0 radical (unpaired) electrons. The maximum Gasteiger partial charge on any atom is 0.227 e. The van der Waals surface area contributed by atoms with Crippen LogP contribution in [-0.2, 0) is 9.59 Å². The minimum Gasteiger partial charge on any atom is -0.340 e. The van der Waals surface area contributed by atoms with E-state index >= 15 is 0 Å². The van der Waals surface area contributed by atoms with E-state index in [1.807, 2.05) is 30.3 Å². The van der Waals surface area contributed by atoms with Gasteiger partial charge in [0.05, 0.1) is 11.9 Å². The lowest BCUT2D eigenvalue weighted by Crippen LogP contribution is -2.13. The second-order valence-electron chi connectivity index (χ2n) is 5.58. The molecule has 1 aromatic heterocycles. The summed E-state index contributed by atoms with van der Waals surface area (Å²) < 4.78 is 0. The Bertz CT molecular complexity index is 724. The number of nitrogens with zero attached hydrogens (tertiary/aromatic N) is 1. The third-order valence-electron chi connectivity index (χ3n) is 3.43. The van der Waals surface area contributed by atoms with Crippen molar-refractivity contribution in [3.63, 3.8) is 0 Å². The number of benzene rings is 1. The normalized spacial score (nSPS) is 13.3. The van der Waals surface area contributed by atoms with E-state index in [-0.39, 0.29) is 17.7 Å². The number of carbonyl (C=O) groups is 2. The molecule has 1 aliphatic rings. The summed E-state index contributed by atoms with van der Waals surface area (Å²) >= 11 is 0. The van der Waals surface area contributed by atoms with Gasteiger partial charge in [0.15, 0.2) is 0 Å². The average molecular weight is 310 g/mol. The molecule has 0 spiro atoms. The minimum absolute atomic E-state index is 0.0653. The zero-order valence-electron chi connectivity index (χ0n) is 12.8. The van der Waals surface area contributed by atoms with Gasteiger partial charge >= 0.3 is 0 Å². The van der Waals surface area contributed by atoms with Crippen LogP contribution in [-0.4, -0.2) is 16.8 Å². The van der Waals surface area contributed by atoms with Gasteiger partial charge in [-0.3, -0.25) is 9.59 Å². The van der Waals surface area contributed by atoms with Crippen molar-refractivity contribution < 1.29 is 9.59 Å². The molecule has 2 aromatic rings. The van der Waals surface area contributed by atoms with E-state index in [9.17, 15) is 9.59 Å². The van der Waals surface area contributed by atoms with Crippen LogP contribution in [0.25, 0.3) is 0 Å². The number of nitrogens with one attached hydrogen (secondary N) is 3. The topological polar surface area (TPSA) is 83.1 Å². The van der Waals surface area contributed by atoms with Gasteiger partial charge < -0.3 is 16.0 Å². The van der Waals surface area contributed by atoms with Crippen molar-refractivity contribution in [2.75, 3.05) is 16.0 Å². The minimum atomic E-state index is -0.115. The Labute approximate surface area is 134 Å². The molecule has 1 fully saturated rings. The fraction of sp³-hybridized carbons (Fsp3) is 0.235. The van der Waals surface area contributed by atoms with Crippen molar-refractivity contribution in [3.05, 3.63) is 42.6 Å². The zero-order valence-corrected chi connectivity index (χ0v) is 12.8. The first-order chi connectivity index (χ1) is 11.1. The SMILES string of the molecule is CC(=O)Nc1cccc(Nc2ccc(NC(=O)C3CC3)cn2)c1. The molecule has 3 N–H and O–H groups in total. The van der Waals surface area contributed by atoms with Gasteiger partial charge in [0, 0.05) is 24.2 Å². The molecule has 23 heavy (non-hydrogen) atoms. The summed E-state index contributed by atoms with van der Waals surface area (Å²) in [7, 11) is 0. The van der Waals surface area contributed by atoms with Crippen LogP contribution in [0.3, 0.4) is 0 Å². The number of hydrogen-bond acceptors (Lipinski definition) is 4. The Morgan fingerprint density at radius 2 is 1.83 bits per heavy atom. The Morgan fingerprint density at radius 1 is 1.04 bits per heavy atom. The molecule has 2 amide bonds. The van der Waals surface area contributed by atoms with Gasteiger partial charge in [-0.25, -0.2) is 4.98 Å². The van der Waals surface area contributed by atoms with E-state index in [2.05, 4.69) is 20.9 Å². The molecule has 6 nitrogen and oxygen atoms in total. The Balaban J connectivity index is 1.63. The van der Waals surface area contributed by atoms with Crippen LogP contribution in [0, 0.1) is 5.92 Å². The van der Waals surface area contributed by atoms with Crippen molar-refractivity contribution in [2.45, 2.75) is 19.8 Å². The number of carbonyl (C=O) groups excluding carboxylic acids is 2. The molecule has 0 aliphatic heterocycles. The Morgan fingerprint density at radius 3 is 2.48 bits per heavy atom. The maximum absolute atomic E-state index is 11.7. The summed E-state index contributed by atoms with van der Waals surface area (Å²) in [5.74, 6) is 0.783. The standard InChI is InChI=1S/C17H18N4O2/c1-11(22)19-13-3-2-4-14(9-13)20-16-8-7-15(10-18-16)21-17(23)12-5-6-12/h2-4,7-10,12H,5-6H2,1H3,(H,18,20)(H,19,22)(H,21,23). The molecule has 6 heteroatoms. The Kier molecular flexibility index (Phi) is 4.23. The summed E-state index contributed by atoms with van der Waals surface area (Å²) in [6.07, 6.45) is 3.58. The van der Waals surface area contributed by atoms with Crippen LogP contribution < -0.4 is 16.0 Å². The fourth-order valence-electron chi connectivity index (χ4n) is 2.16. The van der Waals surface area contributed by atoms with E-state index in [1.54, 1.807) is 12.3 Å². The highest BCUT2D eigenvalue weighted by Gasteiger charge is 2.29. The monoisotopic (exact) mass is 310 g/mol. The highest BCUT2D eigenvalue weighted by atomic mass is 16.2. The van der Waals surface area contributed by atoms with E-state index < -0.39 is 0 Å². The molecule has 0 atom stereocenters. The van der Waals surface area contributed by atoms with E-state index in [1.165, 1.54) is 6.92 Å². The first-order valence-electron chi connectivity index (χ1n) is 7.52. The van der Waals surface area contributed by atoms with Crippen LogP contribution in [0.5, 0.6) is 0 Å². The third-order valence-corrected chi connectivity index (χ3v) is 3.43. The quantitative estimate of drug-likeness (QED) is 0.792. The molecule has 1 saturated carbocycles. The maximum atomic E-state index is 11.7. The number of rotatable bonds is 5. The summed E-state index contributed by atoms with van der Waals surface area (Å²) in [6, 6.07) is 11.0. The van der Waals surface area contributed by atoms with Gasteiger partial charge in [-0.2, -0.15) is 0 Å². The zero-order chi connectivity index (χ0) is 16.2. The highest BCUT2D eigenvalue weighted by molar-refractivity contribution is 5.94. The van der Waals surface area contributed by atoms with Gasteiger partial charge in [-0.05, 0) is 43.2 Å². The van der Waals surface area contributed by atoms with Crippen molar-refractivity contribution in [1.29, 1.82) is 0 Å². The number of amides is 2. The number of pyridine rings is 1. The molecular weight excluding hydrogens is 292 g/mol. The summed E-state index contributed by atoms with van der Waals surface area (Å²) in [6.45, 7) is 1.47. The molecular formula is C17H18N4O2. The Hall–Kier alpha value is -2.89. The predicted octanol–water partition coefficient (Wildman–Crippen LogP) is 3.13. The average Bonchev–Trinajstić information content (AvgIpc) is 3.34. The molecule has 0 unspecified atom stereocenters. The molecule has 1 heterocycles. The molecule has 3 rings (SSSR count). The van der Waals surface area contributed by atoms with Crippen molar-refractivity contribution in [1.82, 2.24) is 4.98 Å². The van der Waals surface area contributed by atoms with Gasteiger partial charge in [0.2, 0.25) is 11.8 Å². The lowest BCUT2D eigenvalue weighted by Gasteiger charge is -2.09. The van der Waals surface area contributed by atoms with Crippen LogP contribution >= 0.6 is 0 Å². The summed E-state index contributed by atoms with van der Waals surface area (Å²) in [4.78, 5) is 27.1. The number of hydrogen-bond donors (Lipinski definition) is 3. The van der Waals surface area contributed by atoms with Crippen LogP contribution in [0.1, 0.15) is 19.8 Å². The lowest BCUT2D eigenvalue weighted by atomic mass is 10.2. The van der Waals surface area contributed by atoms with Gasteiger partial charge in [0.25, 0.3) is 0 Å². The van der Waals surface area contributed by atoms with Gasteiger partial charge in [-0.15, -0.1) is 0 Å². The second-order valence-corrected chi connectivity index (χ2v) is 5.58. The molecule has 0 saturated heterocycles. The smallest absolute Gasteiger partial charge is 0.227 e. The van der Waals surface area contributed by atoms with Crippen molar-refractivity contribution >= 4 is 34.7 Å². The van der Waals surface area contributed by atoms with E-state index in [4.69, 9.17) is 0 Å². The summed E-state index contributed by atoms with van der Waals surface area (Å²) in [5, 5.41) is 8.74. The predicted molar refractivity (Wildman–Crippen MR) is 89.6 cm³/mol. The van der Waals surface area contributed by atoms with Gasteiger partial charge in [-0.1, -0.05) is 6.07 Å². The number of aromatic nitrogens is 1. The van der Waals surface area contributed by atoms with E-state index in [0.29, 0.717) is 11.5 Å². The van der Waals surface area contributed by atoms with Crippen LogP contribution in [0.4, 0.5) is 22.9 Å². The molecule has 1 aromatic carbocycles.